The van der Waals surface area contributed by atoms with Gasteiger partial charge in [0, 0.05) is 6.92 Å². The number of β-lactam (4-membered cyclic amide) rings is 1. The summed E-state index contributed by atoms with van der Waals surface area (Å²) >= 11 is 0. The summed E-state index contributed by atoms with van der Waals surface area (Å²) in [6.07, 6.45) is -0.600. The van der Waals surface area contributed by atoms with Gasteiger partial charge in [0.1, 0.15) is 0 Å². The van der Waals surface area contributed by atoms with Crippen molar-refractivity contribution < 1.29 is 14.3 Å². The summed E-state index contributed by atoms with van der Waals surface area (Å²) in [6.45, 7) is 7.29. The molecule has 1 rings (SSSR count). The molecule has 0 spiro atoms. The van der Waals surface area contributed by atoms with Gasteiger partial charge in [-0.25, -0.2) is 0 Å². The molecule has 74 valence electrons. The number of carbonyl (C=O) groups is 2. The normalized spacial score (nSPS) is 27.5. The molecule has 2 atom stereocenters. The molecule has 1 unspecified atom stereocenters. The third-order valence-corrected chi connectivity index (χ3v) is 2.08. The molecule has 0 aromatic heterocycles. The lowest BCUT2D eigenvalue weighted by molar-refractivity contribution is -0.168. The second kappa shape index (κ2) is 3.01. The first kappa shape index (κ1) is 10.0. The molecule has 0 bridgehead atoms. The zero-order valence-electron chi connectivity index (χ0n) is 8.38. The molecule has 1 N–H and O–H groups in total. The maximum Gasteiger partial charge on any atom is 0.303 e. The molecule has 0 radical (unpaired) electrons. The van der Waals surface area contributed by atoms with E-state index >= 15 is 0 Å². The number of hydrogen-bond donors (Lipinski definition) is 1. The number of esters is 1. The highest BCUT2D eigenvalue weighted by molar-refractivity contribution is 5.90. The summed E-state index contributed by atoms with van der Waals surface area (Å²) in [5.41, 5.74) is -0.0754. The first-order chi connectivity index (χ1) is 5.82. The van der Waals surface area contributed by atoms with E-state index in [1.54, 1.807) is 0 Å². The van der Waals surface area contributed by atoms with E-state index in [2.05, 4.69) is 5.32 Å². The van der Waals surface area contributed by atoms with Crippen LogP contribution in [0.4, 0.5) is 0 Å². The summed E-state index contributed by atoms with van der Waals surface area (Å²) in [5.74, 6) is -0.607. The van der Waals surface area contributed by atoms with Crippen LogP contribution in [0, 0.1) is 5.41 Å². The van der Waals surface area contributed by atoms with Gasteiger partial charge in [-0.05, 0) is 5.41 Å². The van der Waals surface area contributed by atoms with Crippen LogP contribution < -0.4 is 5.32 Å². The SMILES string of the molecule is CC(=O)O[C@@H]1C(=O)NC1C(C)(C)C. The lowest BCUT2D eigenvalue weighted by atomic mass is 9.78. The highest BCUT2D eigenvalue weighted by atomic mass is 16.6. The first-order valence-electron chi connectivity index (χ1n) is 4.30. The highest BCUT2D eigenvalue weighted by Crippen LogP contribution is 2.28. The van der Waals surface area contributed by atoms with Crippen LogP contribution >= 0.6 is 0 Å². The molecule has 13 heavy (non-hydrogen) atoms. The highest BCUT2D eigenvalue weighted by Gasteiger charge is 2.48. The van der Waals surface area contributed by atoms with Crippen LogP contribution in [0.3, 0.4) is 0 Å². The zero-order chi connectivity index (χ0) is 10.2. The molecule has 1 heterocycles. The van der Waals surface area contributed by atoms with Crippen molar-refractivity contribution in [2.45, 2.75) is 39.8 Å². The predicted octanol–water partition coefficient (Wildman–Crippen LogP) is 0.463. The van der Waals surface area contributed by atoms with Crippen molar-refractivity contribution in [1.29, 1.82) is 0 Å². The number of ether oxygens (including phenoxy) is 1. The Bertz CT molecular complexity index is 242. The summed E-state index contributed by atoms with van der Waals surface area (Å²) in [4.78, 5) is 21.7. The van der Waals surface area contributed by atoms with Gasteiger partial charge in [0.2, 0.25) is 6.10 Å². The van der Waals surface area contributed by atoms with E-state index in [1.165, 1.54) is 6.92 Å². The minimum Gasteiger partial charge on any atom is -0.450 e. The minimum absolute atomic E-state index is 0.0658. The van der Waals surface area contributed by atoms with Gasteiger partial charge in [-0.3, -0.25) is 9.59 Å². The lowest BCUT2D eigenvalue weighted by Gasteiger charge is -2.43. The average molecular weight is 185 g/mol. The second-order valence-corrected chi connectivity index (χ2v) is 4.38. The number of carbonyl (C=O) groups excluding carboxylic acids is 2. The smallest absolute Gasteiger partial charge is 0.303 e. The maximum absolute atomic E-state index is 11.0. The van der Waals surface area contributed by atoms with Crippen molar-refractivity contribution in [3.63, 3.8) is 0 Å². The Morgan fingerprint density at radius 3 is 2.31 bits per heavy atom. The van der Waals surface area contributed by atoms with E-state index in [4.69, 9.17) is 4.74 Å². The molecule has 0 saturated carbocycles. The van der Waals surface area contributed by atoms with Crippen molar-refractivity contribution in [3.05, 3.63) is 0 Å². The monoisotopic (exact) mass is 185 g/mol. The van der Waals surface area contributed by atoms with Gasteiger partial charge < -0.3 is 10.1 Å². The Morgan fingerprint density at radius 2 is 2.00 bits per heavy atom. The van der Waals surface area contributed by atoms with Gasteiger partial charge >= 0.3 is 5.97 Å². The largest absolute Gasteiger partial charge is 0.450 e. The molecular weight excluding hydrogens is 170 g/mol. The Labute approximate surface area is 77.6 Å². The van der Waals surface area contributed by atoms with E-state index < -0.39 is 12.1 Å². The van der Waals surface area contributed by atoms with Gasteiger partial charge in [-0.15, -0.1) is 0 Å². The molecule has 1 aliphatic rings. The molecule has 0 aromatic carbocycles. The van der Waals surface area contributed by atoms with Crippen LogP contribution in [-0.4, -0.2) is 24.0 Å². The Balaban J connectivity index is 2.61. The van der Waals surface area contributed by atoms with Gasteiger partial charge in [0.25, 0.3) is 5.91 Å². The predicted molar refractivity (Wildman–Crippen MR) is 46.9 cm³/mol. The van der Waals surface area contributed by atoms with E-state index in [9.17, 15) is 9.59 Å². The first-order valence-corrected chi connectivity index (χ1v) is 4.30. The van der Waals surface area contributed by atoms with Crippen LogP contribution in [0.1, 0.15) is 27.7 Å². The number of amides is 1. The molecule has 4 heteroatoms. The van der Waals surface area contributed by atoms with E-state index in [1.807, 2.05) is 20.8 Å². The van der Waals surface area contributed by atoms with Crippen molar-refractivity contribution in [2.75, 3.05) is 0 Å². The van der Waals surface area contributed by atoms with Crippen molar-refractivity contribution in [2.24, 2.45) is 5.41 Å². The number of hydrogen-bond acceptors (Lipinski definition) is 3. The molecule has 1 amide bonds. The standard InChI is InChI=1S/C9H15NO3/c1-5(11)13-6-7(9(2,3)4)10-8(6)12/h6-7H,1-4H3,(H,10,12)/t6-,7?/m0/s1. The maximum atomic E-state index is 11.0. The Kier molecular flexibility index (Phi) is 2.32. The summed E-state index contributed by atoms with van der Waals surface area (Å²) in [5, 5.41) is 2.72. The van der Waals surface area contributed by atoms with Gasteiger partial charge in [-0.1, -0.05) is 20.8 Å². The summed E-state index contributed by atoms with van der Waals surface area (Å²) in [6, 6.07) is -0.0658. The van der Waals surface area contributed by atoms with Gasteiger partial charge in [0.05, 0.1) is 6.04 Å². The van der Waals surface area contributed by atoms with Crippen LogP contribution in [0.25, 0.3) is 0 Å². The molecule has 1 fully saturated rings. The van der Waals surface area contributed by atoms with Crippen molar-refractivity contribution >= 4 is 11.9 Å². The van der Waals surface area contributed by atoms with E-state index in [0.717, 1.165) is 0 Å². The summed E-state index contributed by atoms with van der Waals surface area (Å²) < 4.78 is 4.89. The third kappa shape index (κ3) is 1.99. The molecule has 0 aliphatic carbocycles. The molecule has 0 aromatic rings. The number of rotatable bonds is 1. The number of nitrogens with one attached hydrogen (secondary N) is 1. The van der Waals surface area contributed by atoms with Gasteiger partial charge in [0.15, 0.2) is 0 Å². The zero-order valence-corrected chi connectivity index (χ0v) is 8.38. The van der Waals surface area contributed by atoms with Crippen molar-refractivity contribution in [1.82, 2.24) is 5.32 Å². The van der Waals surface area contributed by atoms with Crippen LogP contribution in [-0.2, 0) is 14.3 Å². The average Bonchev–Trinajstić information content (AvgIpc) is 1.93. The molecule has 4 nitrogen and oxygen atoms in total. The molecule has 1 aliphatic heterocycles. The fraction of sp³-hybridized carbons (Fsp3) is 0.778. The fourth-order valence-electron chi connectivity index (χ4n) is 1.34. The van der Waals surface area contributed by atoms with Crippen molar-refractivity contribution in [3.8, 4) is 0 Å². The topological polar surface area (TPSA) is 55.4 Å². The Hall–Kier alpha value is -1.06. The lowest BCUT2D eigenvalue weighted by Crippen LogP contribution is -2.68. The quantitative estimate of drug-likeness (QED) is 0.477. The van der Waals surface area contributed by atoms with Crippen LogP contribution in [0.5, 0.6) is 0 Å². The summed E-state index contributed by atoms with van der Waals surface area (Å²) in [7, 11) is 0. The molecule has 1 saturated heterocycles. The van der Waals surface area contributed by atoms with E-state index in [0.29, 0.717) is 0 Å². The van der Waals surface area contributed by atoms with Gasteiger partial charge in [-0.2, -0.15) is 0 Å². The Morgan fingerprint density at radius 1 is 1.46 bits per heavy atom. The molecular formula is C9H15NO3. The van der Waals surface area contributed by atoms with E-state index in [-0.39, 0.29) is 17.4 Å². The third-order valence-electron chi connectivity index (χ3n) is 2.08. The fourth-order valence-corrected chi connectivity index (χ4v) is 1.34. The van der Waals surface area contributed by atoms with Crippen LogP contribution in [0.15, 0.2) is 0 Å². The second-order valence-electron chi connectivity index (χ2n) is 4.38. The minimum atomic E-state index is -0.600. The van der Waals surface area contributed by atoms with Crippen LogP contribution in [0.2, 0.25) is 0 Å².